The summed E-state index contributed by atoms with van der Waals surface area (Å²) in [6.45, 7) is 1.12. The van der Waals surface area contributed by atoms with E-state index in [0.717, 1.165) is 17.4 Å². The molecule has 1 unspecified atom stereocenters. The Kier molecular flexibility index (Phi) is 7.80. The molecule has 0 aromatic heterocycles. The van der Waals surface area contributed by atoms with Crippen LogP contribution in [0.4, 0.5) is 5.69 Å². The van der Waals surface area contributed by atoms with Crippen molar-refractivity contribution in [1.82, 2.24) is 10.2 Å². The molecule has 2 aromatic carbocycles. The molecule has 1 saturated heterocycles. The van der Waals surface area contributed by atoms with E-state index >= 15 is 0 Å². The van der Waals surface area contributed by atoms with Crippen LogP contribution in [0.5, 0.6) is 11.5 Å². The van der Waals surface area contributed by atoms with E-state index in [9.17, 15) is 18.0 Å². The van der Waals surface area contributed by atoms with E-state index in [2.05, 4.69) is 10.0 Å². The summed E-state index contributed by atoms with van der Waals surface area (Å²) in [7, 11) is -0.222. The van der Waals surface area contributed by atoms with Crippen molar-refractivity contribution in [3.05, 3.63) is 53.6 Å². The number of ether oxygens (including phenoxy) is 2. The Balaban J connectivity index is 1.51. The average Bonchev–Trinajstić information content (AvgIpc) is 3.15. The Hall–Kier alpha value is -3.27. The predicted octanol–water partition coefficient (Wildman–Crippen LogP) is 1.78. The molecule has 9 nitrogen and oxygen atoms in total. The van der Waals surface area contributed by atoms with E-state index in [1.165, 1.54) is 0 Å². The third kappa shape index (κ3) is 6.85. The lowest BCUT2D eigenvalue weighted by molar-refractivity contribution is -0.129. The van der Waals surface area contributed by atoms with E-state index in [1.807, 2.05) is 18.2 Å². The molecule has 10 heteroatoms. The summed E-state index contributed by atoms with van der Waals surface area (Å²) < 4.78 is 35.8. The first-order valence-electron chi connectivity index (χ1n) is 10.5. The minimum atomic E-state index is -3.38. The Morgan fingerprint density at radius 1 is 1.09 bits per heavy atom. The summed E-state index contributed by atoms with van der Waals surface area (Å²) >= 11 is 0. The van der Waals surface area contributed by atoms with Gasteiger partial charge in [-0.05, 0) is 41.8 Å². The molecule has 2 N–H and O–H groups in total. The van der Waals surface area contributed by atoms with Gasteiger partial charge in [-0.25, -0.2) is 8.42 Å². The maximum atomic E-state index is 12.6. The fraction of sp³-hybridized carbons (Fsp3) is 0.391. The molecule has 2 aromatic rings. The summed E-state index contributed by atoms with van der Waals surface area (Å²) in [5.74, 6) is 0.623. The number of sulfonamides is 1. The molecule has 0 radical (unpaired) electrons. The lowest BCUT2D eigenvalue weighted by atomic mass is 10.1. The summed E-state index contributed by atoms with van der Waals surface area (Å²) in [5.41, 5.74) is 2.20. The van der Waals surface area contributed by atoms with Gasteiger partial charge in [0.2, 0.25) is 21.8 Å². The van der Waals surface area contributed by atoms with Crippen molar-refractivity contribution in [2.24, 2.45) is 5.92 Å². The minimum absolute atomic E-state index is 0.0463. The Morgan fingerprint density at radius 3 is 2.55 bits per heavy atom. The smallest absolute Gasteiger partial charge is 0.229 e. The fourth-order valence-electron chi connectivity index (χ4n) is 3.76. The first-order chi connectivity index (χ1) is 15.7. The molecule has 178 valence electrons. The number of hydrogen-bond acceptors (Lipinski definition) is 6. The number of carbonyl (C=O) groups excluding carboxylic acids is 2. The Morgan fingerprint density at radius 2 is 1.85 bits per heavy atom. The highest BCUT2D eigenvalue weighted by molar-refractivity contribution is 7.92. The van der Waals surface area contributed by atoms with Crippen LogP contribution in [-0.4, -0.2) is 58.7 Å². The molecule has 1 heterocycles. The molecule has 0 aliphatic carbocycles. The van der Waals surface area contributed by atoms with Crippen LogP contribution in [0.15, 0.2) is 42.5 Å². The van der Waals surface area contributed by atoms with Crippen LogP contribution >= 0.6 is 0 Å². The van der Waals surface area contributed by atoms with Crippen LogP contribution in [-0.2, 0) is 32.6 Å². The molecule has 1 atom stereocenters. The number of amides is 2. The van der Waals surface area contributed by atoms with Crippen LogP contribution in [0.2, 0.25) is 0 Å². The lowest BCUT2D eigenvalue weighted by Gasteiger charge is -2.17. The fourth-order valence-corrected chi connectivity index (χ4v) is 4.31. The van der Waals surface area contributed by atoms with Crippen LogP contribution in [0.25, 0.3) is 0 Å². The van der Waals surface area contributed by atoms with Crippen molar-refractivity contribution in [2.45, 2.75) is 19.4 Å². The first-order valence-corrected chi connectivity index (χ1v) is 12.4. The van der Waals surface area contributed by atoms with Gasteiger partial charge in [0.15, 0.2) is 11.5 Å². The molecule has 0 saturated carbocycles. The predicted molar refractivity (Wildman–Crippen MR) is 125 cm³/mol. The van der Waals surface area contributed by atoms with Gasteiger partial charge in [0.05, 0.1) is 26.4 Å². The van der Waals surface area contributed by atoms with Gasteiger partial charge in [0.25, 0.3) is 0 Å². The largest absolute Gasteiger partial charge is 0.493 e. The highest BCUT2D eigenvalue weighted by atomic mass is 32.2. The zero-order valence-corrected chi connectivity index (χ0v) is 19.8. The average molecular weight is 476 g/mol. The molecule has 2 amide bonds. The van der Waals surface area contributed by atoms with Gasteiger partial charge in [-0.1, -0.05) is 18.2 Å². The molecule has 1 aliphatic heterocycles. The van der Waals surface area contributed by atoms with Crippen LogP contribution in [0.1, 0.15) is 17.5 Å². The van der Waals surface area contributed by atoms with E-state index in [0.29, 0.717) is 36.7 Å². The highest BCUT2D eigenvalue weighted by Gasteiger charge is 2.33. The van der Waals surface area contributed by atoms with Gasteiger partial charge in [-0.3, -0.25) is 14.3 Å². The number of methoxy groups -OCH3 is 2. The van der Waals surface area contributed by atoms with E-state index in [-0.39, 0.29) is 24.8 Å². The van der Waals surface area contributed by atoms with Crippen molar-refractivity contribution >= 4 is 27.5 Å². The zero-order valence-electron chi connectivity index (χ0n) is 19.0. The number of likely N-dealkylation sites (tertiary alicyclic amines) is 1. The third-order valence-corrected chi connectivity index (χ3v) is 6.01. The van der Waals surface area contributed by atoms with Crippen molar-refractivity contribution in [2.75, 3.05) is 38.3 Å². The molecular formula is C23H29N3O6S. The van der Waals surface area contributed by atoms with Crippen molar-refractivity contribution in [1.29, 1.82) is 0 Å². The first kappa shape index (κ1) is 24.4. The Bertz CT molecular complexity index is 1120. The van der Waals surface area contributed by atoms with Gasteiger partial charge in [-0.2, -0.15) is 0 Å². The molecule has 3 rings (SSSR count). The van der Waals surface area contributed by atoms with Gasteiger partial charge >= 0.3 is 0 Å². The lowest BCUT2D eigenvalue weighted by Crippen LogP contribution is -2.33. The second kappa shape index (κ2) is 10.6. The molecule has 1 fully saturated rings. The quantitative estimate of drug-likeness (QED) is 0.542. The number of nitrogens with one attached hydrogen (secondary N) is 2. The Labute approximate surface area is 194 Å². The molecule has 33 heavy (non-hydrogen) atoms. The molecule has 0 spiro atoms. The summed E-state index contributed by atoms with van der Waals surface area (Å²) in [6.07, 6.45) is 1.89. The van der Waals surface area contributed by atoms with Gasteiger partial charge in [-0.15, -0.1) is 0 Å². The van der Waals surface area contributed by atoms with Crippen LogP contribution in [0, 0.1) is 5.92 Å². The molecule has 0 bridgehead atoms. The third-order valence-electron chi connectivity index (χ3n) is 5.40. The number of carbonyl (C=O) groups is 2. The summed E-state index contributed by atoms with van der Waals surface area (Å²) in [5, 5.41) is 2.85. The van der Waals surface area contributed by atoms with Gasteiger partial charge in [0.1, 0.15) is 0 Å². The van der Waals surface area contributed by atoms with Gasteiger partial charge in [0, 0.05) is 31.7 Å². The zero-order chi connectivity index (χ0) is 24.0. The standard InChI is InChI=1S/C23H29N3O6S/c1-31-20-8-7-16(12-21(20)32-2)9-10-26-15-18(13-22(26)27)23(28)24-14-17-5-4-6-19(11-17)25-33(3,29)30/h4-8,11-12,18,25H,9-10,13-15H2,1-3H3,(H,24,28). The van der Waals surface area contributed by atoms with Crippen molar-refractivity contribution in [3.8, 4) is 11.5 Å². The number of hydrogen-bond donors (Lipinski definition) is 2. The van der Waals surface area contributed by atoms with Crippen LogP contribution < -0.4 is 19.5 Å². The van der Waals surface area contributed by atoms with Gasteiger partial charge < -0.3 is 19.7 Å². The topological polar surface area (TPSA) is 114 Å². The maximum absolute atomic E-state index is 12.6. The van der Waals surface area contributed by atoms with E-state index < -0.39 is 15.9 Å². The van der Waals surface area contributed by atoms with E-state index in [1.54, 1.807) is 43.4 Å². The number of benzene rings is 2. The van der Waals surface area contributed by atoms with Crippen LogP contribution in [0.3, 0.4) is 0 Å². The van der Waals surface area contributed by atoms with Crippen molar-refractivity contribution in [3.63, 3.8) is 0 Å². The van der Waals surface area contributed by atoms with E-state index in [4.69, 9.17) is 9.47 Å². The molecule has 1 aliphatic rings. The number of rotatable bonds is 10. The normalized spacial score (nSPS) is 15.9. The van der Waals surface area contributed by atoms with Crippen molar-refractivity contribution < 1.29 is 27.5 Å². The summed E-state index contributed by atoms with van der Waals surface area (Å²) in [4.78, 5) is 26.7. The second-order valence-electron chi connectivity index (χ2n) is 7.97. The maximum Gasteiger partial charge on any atom is 0.229 e. The number of anilines is 1. The SMILES string of the molecule is COc1ccc(CCN2CC(C(=O)NCc3cccc(NS(C)(=O)=O)c3)CC2=O)cc1OC. The highest BCUT2D eigenvalue weighted by Crippen LogP contribution is 2.28. The monoisotopic (exact) mass is 475 g/mol. The summed E-state index contributed by atoms with van der Waals surface area (Å²) in [6, 6.07) is 12.5. The molecular weight excluding hydrogens is 446 g/mol. The minimum Gasteiger partial charge on any atom is -0.493 e. The number of nitrogens with zero attached hydrogens (tertiary/aromatic N) is 1. The second-order valence-corrected chi connectivity index (χ2v) is 9.72.